The maximum atomic E-state index is 12.1. The SMILES string of the molecule is NC(=O)c1ccc(CNC(=O)c2cccc(-n3cccn3)n2)o1. The summed E-state index contributed by atoms with van der Waals surface area (Å²) in [5.41, 5.74) is 5.35. The first-order valence-electron chi connectivity index (χ1n) is 6.77. The first kappa shape index (κ1) is 14.5. The van der Waals surface area contributed by atoms with E-state index in [0.29, 0.717) is 11.6 Å². The van der Waals surface area contributed by atoms with Crippen molar-refractivity contribution in [2.24, 2.45) is 5.73 Å². The van der Waals surface area contributed by atoms with Gasteiger partial charge < -0.3 is 15.5 Å². The lowest BCUT2D eigenvalue weighted by Crippen LogP contribution is -2.24. The van der Waals surface area contributed by atoms with Gasteiger partial charge in [0.25, 0.3) is 11.8 Å². The van der Waals surface area contributed by atoms with Gasteiger partial charge in [0.2, 0.25) is 0 Å². The van der Waals surface area contributed by atoms with E-state index >= 15 is 0 Å². The maximum absolute atomic E-state index is 12.1. The lowest BCUT2D eigenvalue weighted by atomic mass is 10.3. The quantitative estimate of drug-likeness (QED) is 0.726. The molecule has 0 bridgehead atoms. The highest BCUT2D eigenvalue weighted by atomic mass is 16.4. The van der Waals surface area contributed by atoms with Crippen molar-refractivity contribution in [3.8, 4) is 5.82 Å². The van der Waals surface area contributed by atoms with E-state index in [4.69, 9.17) is 10.2 Å². The van der Waals surface area contributed by atoms with Crippen LogP contribution in [-0.2, 0) is 6.54 Å². The highest BCUT2D eigenvalue weighted by Crippen LogP contribution is 2.08. The normalized spacial score (nSPS) is 10.4. The van der Waals surface area contributed by atoms with Crippen molar-refractivity contribution in [1.29, 1.82) is 0 Å². The Kier molecular flexibility index (Phi) is 3.88. The van der Waals surface area contributed by atoms with Gasteiger partial charge in [-0.25, -0.2) is 9.67 Å². The van der Waals surface area contributed by atoms with Gasteiger partial charge in [0, 0.05) is 12.4 Å². The predicted molar refractivity (Wildman–Crippen MR) is 79.8 cm³/mol. The third kappa shape index (κ3) is 3.26. The minimum Gasteiger partial charge on any atom is -0.454 e. The molecule has 0 atom stereocenters. The lowest BCUT2D eigenvalue weighted by molar-refractivity contribution is 0.0942. The second kappa shape index (κ2) is 6.14. The molecule has 0 fully saturated rings. The van der Waals surface area contributed by atoms with Crippen LogP contribution in [0.5, 0.6) is 0 Å². The molecular weight excluding hydrogens is 298 g/mol. The van der Waals surface area contributed by atoms with Crippen molar-refractivity contribution in [2.45, 2.75) is 6.54 Å². The number of primary amides is 1. The Morgan fingerprint density at radius 2 is 2.09 bits per heavy atom. The van der Waals surface area contributed by atoms with Crippen LogP contribution in [-0.4, -0.2) is 26.6 Å². The monoisotopic (exact) mass is 311 g/mol. The van der Waals surface area contributed by atoms with Gasteiger partial charge in [0.1, 0.15) is 11.5 Å². The van der Waals surface area contributed by atoms with Gasteiger partial charge in [0.15, 0.2) is 11.6 Å². The summed E-state index contributed by atoms with van der Waals surface area (Å²) in [7, 11) is 0. The summed E-state index contributed by atoms with van der Waals surface area (Å²) in [6.07, 6.45) is 3.36. The van der Waals surface area contributed by atoms with Crippen molar-refractivity contribution in [3.63, 3.8) is 0 Å². The van der Waals surface area contributed by atoms with Crippen LogP contribution in [0.1, 0.15) is 26.8 Å². The van der Waals surface area contributed by atoms with Crippen molar-refractivity contribution >= 4 is 11.8 Å². The van der Waals surface area contributed by atoms with Gasteiger partial charge in [-0.1, -0.05) is 6.07 Å². The van der Waals surface area contributed by atoms with E-state index in [2.05, 4.69) is 15.4 Å². The van der Waals surface area contributed by atoms with Crippen LogP contribution in [0.2, 0.25) is 0 Å². The van der Waals surface area contributed by atoms with Crippen molar-refractivity contribution in [1.82, 2.24) is 20.1 Å². The smallest absolute Gasteiger partial charge is 0.284 e. The van der Waals surface area contributed by atoms with E-state index in [1.807, 2.05) is 0 Å². The third-order valence-electron chi connectivity index (χ3n) is 3.03. The molecule has 0 aliphatic heterocycles. The number of nitrogens with one attached hydrogen (secondary N) is 1. The summed E-state index contributed by atoms with van der Waals surface area (Å²) in [4.78, 5) is 27.3. The summed E-state index contributed by atoms with van der Waals surface area (Å²) in [6, 6.07) is 9.86. The number of nitrogens with zero attached hydrogens (tertiary/aromatic N) is 3. The molecule has 3 N–H and O–H groups in total. The number of furan rings is 1. The summed E-state index contributed by atoms with van der Waals surface area (Å²) >= 11 is 0. The Hall–Kier alpha value is -3.42. The molecular formula is C15H13N5O3. The fourth-order valence-electron chi connectivity index (χ4n) is 1.94. The zero-order chi connectivity index (χ0) is 16.2. The number of amides is 2. The number of pyridine rings is 1. The molecule has 3 heterocycles. The second-order valence-electron chi connectivity index (χ2n) is 4.64. The third-order valence-corrected chi connectivity index (χ3v) is 3.03. The number of aromatic nitrogens is 3. The maximum Gasteiger partial charge on any atom is 0.284 e. The van der Waals surface area contributed by atoms with E-state index in [1.54, 1.807) is 47.4 Å². The number of nitrogens with two attached hydrogens (primary N) is 1. The average molecular weight is 311 g/mol. The summed E-state index contributed by atoms with van der Waals surface area (Å²) in [5.74, 6) is -0.00713. The highest BCUT2D eigenvalue weighted by molar-refractivity contribution is 5.92. The van der Waals surface area contributed by atoms with Crippen molar-refractivity contribution < 1.29 is 14.0 Å². The highest BCUT2D eigenvalue weighted by Gasteiger charge is 2.11. The van der Waals surface area contributed by atoms with Gasteiger partial charge in [-0.2, -0.15) is 5.10 Å². The first-order valence-corrected chi connectivity index (χ1v) is 6.77. The first-order chi connectivity index (χ1) is 11.1. The van der Waals surface area contributed by atoms with E-state index < -0.39 is 5.91 Å². The van der Waals surface area contributed by atoms with Gasteiger partial charge >= 0.3 is 0 Å². The van der Waals surface area contributed by atoms with Crippen LogP contribution >= 0.6 is 0 Å². The molecule has 0 aromatic carbocycles. The Morgan fingerprint density at radius 1 is 1.22 bits per heavy atom. The van der Waals surface area contributed by atoms with Crippen LogP contribution in [0, 0.1) is 0 Å². The van der Waals surface area contributed by atoms with Crippen LogP contribution in [0.15, 0.2) is 53.2 Å². The average Bonchev–Trinajstić information content (AvgIpc) is 3.24. The molecule has 8 nitrogen and oxygen atoms in total. The van der Waals surface area contributed by atoms with Crippen LogP contribution in [0.3, 0.4) is 0 Å². The second-order valence-corrected chi connectivity index (χ2v) is 4.64. The molecule has 0 aliphatic rings. The van der Waals surface area contributed by atoms with Crippen LogP contribution < -0.4 is 11.1 Å². The Bertz CT molecular complexity index is 838. The molecule has 116 valence electrons. The molecule has 3 aromatic heterocycles. The number of carbonyl (C=O) groups is 2. The molecule has 23 heavy (non-hydrogen) atoms. The standard InChI is InChI=1S/C15H13N5O3/c16-14(21)12-6-5-10(23-12)9-17-15(22)11-3-1-4-13(19-11)20-8-2-7-18-20/h1-8H,9H2,(H2,16,21)(H,17,22). The molecule has 0 unspecified atom stereocenters. The summed E-state index contributed by atoms with van der Waals surface area (Å²) < 4.78 is 6.75. The van der Waals surface area contributed by atoms with Crippen LogP contribution in [0.25, 0.3) is 5.82 Å². The van der Waals surface area contributed by atoms with Crippen molar-refractivity contribution in [2.75, 3.05) is 0 Å². The fourth-order valence-corrected chi connectivity index (χ4v) is 1.94. The van der Waals surface area contributed by atoms with E-state index in [-0.39, 0.29) is 23.9 Å². The topological polar surface area (TPSA) is 116 Å². The largest absolute Gasteiger partial charge is 0.454 e. The Labute approximate surface area is 130 Å². The molecule has 0 radical (unpaired) electrons. The number of hydrogen-bond acceptors (Lipinski definition) is 5. The predicted octanol–water partition coefficient (Wildman–Crippen LogP) is 0.889. The Morgan fingerprint density at radius 3 is 2.78 bits per heavy atom. The zero-order valence-corrected chi connectivity index (χ0v) is 12.0. The zero-order valence-electron chi connectivity index (χ0n) is 12.0. The Balaban J connectivity index is 1.68. The lowest BCUT2D eigenvalue weighted by Gasteiger charge is -2.05. The van der Waals surface area contributed by atoms with Crippen LogP contribution in [0.4, 0.5) is 0 Å². The van der Waals surface area contributed by atoms with Gasteiger partial charge in [-0.15, -0.1) is 0 Å². The van der Waals surface area contributed by atoms with E-state index in [0.717, 1.165) is 0 Å². The molecule has 3 rings (SSSR count). The fraction of sp³-hybridized carbons (Fsp3) is 0.0667. The molecule has 0 saturated carbocycles. The summed E-state index contributed by atoms with van der Waals surface area (Å²) in [5, 5.41) is 6.73. The molecule has 3 aromatic rings. The minimum atomic E-state index is -0.656. The molecule has 0 saturated heterocycles. The van der Waals surface area contributed by atoms with Gasteiger partial charge in [-0.05, 0) is 30.3 Å². The summed E-state index contributed by atoms with van der Waals surface area (Å²) in [6.45, 7) is 0.125. The van der Waals surface area contributed by atoms with Crippen molar-refractivity contribution in [3.05, 3.63) is 66.0 Å². The number of hydrogen-bond donors (Lipinski definition) is 2. The molecule has 2 amide bonds. The van der Waals surface area contributed by atoms with E-state index in [9.17, 15) is 9.59 Å². The minimum absolute atomic E-state index is 0.0491. The van der Waals surface area contributed by atoms with Gasteiger partial charge in [0.05, 0.1) is 6.54 Å². The molecule has 0 aliphatic carbocycles. The molecule has 8 heteroatoms. The molecule has 0 spiro atoms. The number of rotatable bonds is 5. The number of carbonyl (C=O) groups excluding carboxylic acids is 2. The van der Waals surface area contributed by atoms with E-state index in [1.165, 1.54) is 6.07 Å². The van der Waals surface area contributed by atoms with Gasteiger partial charge in [-0.3, -0.25) is 9.59 Å².